The van der Waals surface area contributed by atoms with E-state index >= 15 is 0 Å². The van der Waals surface area contributed by atoms with Crippen molar-refractivity contribution in [1.29, 1.82) is 0 Å². The molecule has 0 radical (unpaired) electrons. The molecule has 0 aliphatic carbocycles. The molecule has 0 unspecified atom stereocenters. The number of anilines is 1. The normalized spacial score (nSPS) is 18.7. The Balaban J connectivity index is 1.85. The smallest absolute Gasteiger partial charge is 0.270 e. The Morgan fingerprint density at radius 2 is 2.10 bits per heavy atom. The number of nitrogens with two attached hydrogens (primary N) is 1. The third-order valence-electron chi connectivity index (χ3n) is 4.55. The second kappa shape index (κ2) is 5.10. The molecule has 0 spiro atoms. The molecule has 2 heterocycles. The van der Waals surface area contributed by atoms with Gasteiger partial charge >= 0.3 is 0 Å². The highest BCUT2D eigenvalue weighted by atomic mass is 16.2. The van der Waals surface area contributed by atoms with E-state index in [0.29, 0.717) is 16.8 Å². The van der Waals surface area contributed by atoms with Crippen LogP contribution in [0.3, 0.4) is 0 Å². The van der Waals surface area contributed by atoms with E-state index in [0.717, 1.165) is 36.8 Å². The van der Waals surface area contributed by atoms with E-state index in [1.165, 1.54) is 6.42 Å². The van der Waals surface area contributed by atoms with E-state index in [2.05, 4.69) is 18.8 Å². The van der Waals surface area contributed by atoms with Crippen molar-refractivity contribution >= 4 is 22.5 Å². The highest BCUT2D eigenvalue weighted by Gasteiger charge is 2.26. The molecule has 3 N–H and O–H groups in total. The monoisotopic (exact) mass is 285 g/mol. The lowest BCUT2D eigenvalue weighted by Crippen LogP contribution is -2.32. The molecule has 1 aromatic carbocycles. The van der Waals surface area contributed by atoms with Gasteiger partial charge in [0.2, 0.25) is 0 Å². The Bertz CT molecular complexity index is 672. The van der Waals surface area contributed by atoms with Crippen molar-refractivity contribution in [2.45, 2.75) is 33.1 Å². The van der Waals surface area contributed by atoms with Crippen LogP contribution in [-0.4, -0.2) is 28.9 Å². The van der Waals surface area contributed by atoms with Crippen LogP contribution in [0.4, 0.5) is 5.69 Å². The first-order valence-electron chi connectivity index (χ1n) is 7.63. The fourth-order valence-electron chi connectivity index (χ4n) is 3.09. The van der Waals surface area contributed by atoms with Gasteiger partial charge in [-0.15, -0.1) is 0 Å². The number of fused-ring (bicyclic) bond motifs is 1. The Morgan fingerprint density at radius 3 is 2.86 bits per heavy atom. The number of amides is 1. The first-order valence-corrected chi connectivity index (χ1v) is 7.63. The van der Waals surface area contributed by atoms with Crippen LogP contribution in [0.25, 0.3) is 10.9 Å². The van der Waals surface area contributed by atoms with Crippen molar-refractivity contribution in [3.05, 3.63) is 30.0 Å². The highest BCUT2D eigenvalue weighted by molar-refractivity contribution is 6.00. The van der Waals surface area contributed by atoms with E-state index in [1.807, 2.05) is 29.2 Å². The van der Waals surface area contributed by atoms with Gasteiger partial charge in [-0.2, -0.15) is 0 Å². The number of hydrogen-bond donors (Lipinski definition) is 2. The molecule has 1 aliphatic rings. The quantitative estimate of drug-likeness (QED) is 0.789. The van der Waals surface area contributed by atoms with Gasteiger partial charge < -0.3 is 15.6 Å². The molecule has 1 aromatic heterocycles. The molecule has 1 amide bonds. The van der Waals surface area contributed by atoms with Gasteiger partial charge in [-0.1, -0.05) is 26.0 Å². The summed E-state index contributed by atoms with van der Waals surface area (Å²) in [4.78, 5) is 17.9. The van der Waals surface area contributed by atoms with E-state index in [4.69, 9.17) is 5.73 Å². The van der Waals surface area contributed by atoms with Crippen LogP contribution in [0.2, 0.25) is 0 Å². The summed E-state index contributed by atoms with van der Waals surface area (Å²) in [5, 5.41) is 0.994. The number of benzene rings is 1. The predicted octanol–water partition coefficient (Wildman–Crippen LogP) is 3.40. The van der Waals surface area contributed by atoms with Crippen LogP contribution in [0.5, 0.6) is 0 Å². The number of rotatable bonds is 1. The minimum absolute atomic E-state index is 0.0864. The molecule has 1 fully saturated rings. The average Bonchev–Trinajstić information content (AvgIpc) is 2.79. The molecule has 0 atom stereocenters. The van der Waals surface area contributed by atoms with Crippen LogP contribution in [0.15, 0.2) is 24.3 Å². The second-order valence-electron chi connectivity index (χ2n) is 6.80. The molecule has 4 nitrogen and oxygen atoms in total. The van der Waals surface area contributed by atoms with Crippen molar-refractivity contribution in [2.24, 2.45) is 5.41 Å². The Morgan fingerprint density at radius 1 is 1.29 bits per heavy atom. The molecule has 1 saturated heterocycles. The molecule has 3 rings (SSSR count). The minimum Gasteiger partial charge on any atom is -0.397 e. The molecule has 21 heavy (non-hydrogen) atoms. The maximum atomic E-state index is 12.7. The highest BCUT2D eigenvalue weighted by Crippen LogP contribution is 2.30. The van der Waals surface area contributed by atoms with Gasteiger partial charge in [0.05, 0.1) is 11.2 Å². The summed E-state index contributed by atoms with van der Waals surface area (Å²) in [6, 6.07) is 7.64. The lowest BCUT2D eigenvalue weighted by molar-refractivity contribution is 0.0752. The number of nitrogen functional groups attached to an aromatic ring is 1. The summed E-state index contributed by atoms with van der Waals surface area (Å²) < 4.78 is 0. The van der Waals surface area contributed by atoms with Crippen molar-refractivity contribution in [3.63, 3.8) is 0 Å². The van der Waals surface area contributed by atoms with Gasteiger partial charge in [0.15, 0.2) is 0 Å². The van der Waals surface area contributed by atoms with Gasteiger partial charge in [0.1, 0.15) is 5.69 Å². The standard InChI is InChI=1S/C17H23N3O/c1-17(2)7-4-9-20(10-8-17)16(21)14-11-12-5-3-6-13(18)15(12)19-14/h3,5-6,11,19H,4,7-10,18H2,1-2H3. The van der Waals surface area contributed by atoms with E-state index in [9.17, 15) is 4.79 Å². The number of hydrogen-bond acceptors (Lipinski definition) is 2. The van der Waals surface area contributed by atoms with Gasteiger partial charge in [-0.3, -0.25) is 4.79 Å². The number of para-hydroxylation sites is 1. The molecule has 0 saturated carbocycles. The molecule has 1 aliphatic heterocycles. The van der Waals surface area contributed by atoms with Crippen molar-refractivity contribution in [2.75, 3.05) is 18.8 Å². The van der Waals surface area contributed by atoms with Crippen LogP contribution >= 0.6 is 0 Å². The summed E-state index contributed by atoms with van der Waals surface area (Å²) >= 11 is 0. The number of likely N-dealkylation sites (tertiary alicyclic amines) is 1. The number of nitrogens with one attached hydrogen (secondary N) is 1. The molecule has 2 aromatic rings. The largest absolute Gasteiger partial charge is 0.397 e. The molecular weight excluding hydrogens is 262 g/mol. The summed E-state index contributed by atoms with van der Waals surface area (Å²) in [5.41, 5.74) is 8.47. The molecule has 112 valence electrons. The number of carbonyl (C=O) groups is 1. The summed E-state index contributed by atoms with van der Waals surface area (Å²) in [6.07, 6.45) is 3.30. The zero-order valence-corrected chi connectivity index (χ0v) is 12.8. The zero-order valence-electron chi connectivity index (χ0n) is 12.8. The SMILES string of the molecule is CC1(C)CCCN(C(=O)c2cc3cccc(N)c3[nH]2)CC1. The number of H-pyrrole nitrogens is 1. The number of nitrogens with zero attached hydrogens (tertiary/aromatic N) is 1. The molecule has 0 bridgehead atoms. The van der Waals surface area contributed by atoms with Gasteiger partial charge in [-0.05, 0) is 36.8 Å². The predicted molar refractivity (Wildman–Crippen MR) is 86.2 cm³/mol. The number of carbonyl (C=O) groups excluding carboxylic acids is 1. The van der Waals surface area contributed by atoms with Crippen LogP contribution in [0.1, 0.15) is 43.6 Å². The Labute approximate surface area is 125 Å². The average molecular weight is 285 g/mol. The van der Waals surface area contributed by atoms with Crippen LogP contribution in [0, 0.1) is 5.41 Å². The summed E-state index contributed by atoms with van der Waals surface area (Å²) in [7, 11) is 0. The fraction of sp³-hybridized carbons (Fsp3) is 0.471. The number of aromatic amines is 1. The van der Waals surface area contributed by atoms with Gasteiger partial charge in [0.25, 0.3) is 5.91 Å². The van der Waals surface area contributed by atoms with Crippen molar-refractivity contribution in [1.82, 2.24) is 9.88 Å². The summed E-state index contributed by atoms with van der Waals surface area (Å²) in [6.45, 7) is 6.24. The minimum atomic E-state index is 0.0864. The van der Waals surface area contributed by atoms with E-state index in [-0.39, 0.29) is 5.91 Å². The van der Waals surface area contributed by atoms with Crippen LogP contribution < -0.4 is 5.73 Å². The lowest BCUT2D eigenvalue weighted by Gasteiger charge is -2.23. The third kappa shape index (κ3) is 2.75. The second-order valence-corrected chi connectivity index (χ2v) is 6.80. The van der Waals surface area contributed by atoms with Crippen LogP contribution in [-0.2, 0) is 0 Å². The number of aromatic nitrogens is 1. The zero-order chi connectivity index (χ0) is 15.0. The molecular formula is C17H23N3O. The van der Waals surface area contributed by atoms with E-state index in [1.54, 1.807) is 0 Å². The fourth-order valence-corrected chi connectivity index (χ4v) is 3.09. The van der Waals surface area contributed by atoms with Crippen molar-refractivity contribution in [3.8, 4) is 0 Å². The topological polar surface area (TPSA) is 62.1 Å². The Hall–Kier alpha value is -1.97. The van der Waals surface area contributed by atoms with Crippen molar-refractivity contribution < 1.29 is 4.79 Å². The maximum absolute atomic E-state index is 12.7. The first-order chi connectivity index (χ1) is 9.96. The first kappa shape index (κ1) is 14.0. The van der Waals surface area contributed by atoms with E-state index < -0.39 is 0 Å². The summed E-state index contributed by atoms with van der Waals surface area (Å²) in [5.74, 6) is 0.0864. The third-order valence-corrected chi connectivity index (χ3v) is 4.55. The molecule has 4 heteroatoms. The Kier molecular flexibility index (Phi) is 3.40. The van der Waals surface area contributed by atoms with Gasteiger partial charge in [-0.25, -0.2) is 0 Å². The van der Waals surface area contributed by atoms with Gasteiger partial charge in [0, 0.05) is 18.5 Å². The lowest BCUT2D eigenvalue weighted by atomic mass is 9.85. The maximum Gasteiger partial charge on any atom is 0.270 e.